The highest BCUT2D eigenvalue weighted by Gasteiger charge is 2.58. The van der Waals surface area contributed by atoms with Crippen molar-refractivity contribution in [2.75, 3.05) is 19.7 Å². The predicted molar refractivity (Wildman–Crippen MR) is 98.5 cm³/mol. The van der Waals surface area contributed by atoms with Crippen molar-refractivity contribution in [2.24, 2.45) is 17.0 Å². The van der Waals surface area contributed by atoms with Gasteiger partial charge < -0.3 is 20.4 Å². The number of aliphatic carboxylic acids is 1. The lowest BCUT2D eigenvalue weighted by Crippen LogP contribution is -2.60. The van der Waals surface area contributed by atoms with E-state index in [1.807, 2.05) is 6.92 Å². The Labute approximate surface area is 161 Å². The summed E-state index contributed by atoms with van der Waals surface area (Å²) in [5.74, 6) is -1.82. The first kappa shape index (κ1) is 20.6. The fourth-order valence-electron chi connectivity index (χ4n) is 4.12. The number of nitrogens with two attached hydrogens (primary N) is 1. The van der Waals surface area contributed by atoms with Crippen LogP contribution in [0.1, 0.15) is 19.8 Å². The van der Waals surface area contributed by atoms with E-state index in [0.717, 1.165) is 0 Å². The van der Waals surface area contributed by atoms with Crippen molar-refractivity contribution in [3.63, 3.8) is 0 Å². The van der Waals surface area contributed by atoms with E-state index in [-0.39, 0.29) is 53.9 Å². The second-order valence-electron chi connectivity index (χ2n) is 7.10. The summed E-state index contributed by atoms with van der Waals surface area (Å²) in [6, 6.07) is -0.306. The number of rotatable bonds is 8. The molecule has 2 fully saturated rings. The third kappa shape index (κ3) is 4.00. The maximum Gasteiger partial charge on any atom is 0.353 e. The molecule has 0 spiro atoms. The number of nitrogens with one attached hydrogen (secondary N) is 2. The van der Waals surface area contributed by atoms with Gasteiger partial charge >= 0.3 is 5.97 Å². The monoisotopic (exact) mass is 420 g/mol. The smallest absolute Gasteiger partial charge is 0.353 e. The highest BCUT2D eigenvalue weighted by Crippen LogP contribution is 2.51. The number of thioether (sulfide) groups is 1. The van der Waals surface area contributed by atoms with Crippen LogP contribution in [0.15, 0.2) is 10.6 Å². The van der Waals surface area contributed by atoms with Gasteiger partial charge in [-0.1, -0.05) is 6.92 Å². The Morgan fingerprint density at radius 3 is 2.78 bits per heavy atom. The molecule has 5 atom stereocenters. The first-order valence-corrected chi connectivity index (χ1v) is 11.2. The number of aliphatic hydroxyl groups excluding tert-OH is 1. The number of amides is 1. The van der Waals surface area contributed by atoms with E-state index < -0.39 is 16.2 Å². The standard InChI is InChI=1S/C15H24N4O6S2/c1-7-11-10(2-3-20)14(21)19(11)12(15(22)23)13(7)26-9-4-8(17-6-9)5-18-27(16,24)25/h7-11,17-18,20H,2-6H2,1H3,(H,22,23)(H2,16,24,25)/t7-,8?,9+,10+,11-/m1/s1. The van der Waals surface area contributed by atoms with Crippen molar-refractivity contribution in [1.82, 2.24) is 14.9 Å². The van der Waals surface area contributed by atoms with Gasteiger partial charge in [-0.25, -0.2) is 14.7 Å². The summed E-state index contributed by atoms with van der Waals surface area (Å²) < 4.78 is 24.3. The molecule has 6 N–H and O–H groups in total. The molecular weight excluding hydrogens is 396 g/mol. The number of carbonyl (C=O) groups is 2. The molecule has 0 aliphatic carbocycles. The molecule has 0 aromatic rings. The summed E-state index contributed by atoms with van der Waals surface area (Å²) in [6.45, 7) is 2.57. The molecule has 2 saturated heterocycles. The number of hydrogen-bond donors (Lipinski definition) is 5. The molecule has 152 valence electrons. The maximum atomic E-state index is 12.3. The van der Waals surface area contributed by atoms with Gasteiger partial charge in [-0.15, -0.1) is 11.8 Å². The SMILES string of the molecule is C[C@H]1C(S[C@@H]2CNC(CNS(N)(=O)=O)C2)=C(C(=O)O)N2C(=O)[C@@H](CCO)[C@@H]12. The molecule has 3 heterocycles. The van der Waals surface area contributed by atoms with Crippen molar-refractivity contribution in [1.29, 1.82) is 0 Å². The third-order valence-corrected chi connectivity index (χ3v) is 7.39. The normalized spacial score (nSPS) is 33.4. The molecule has 3 aliphatic rings. The quantitative estimate of drug-likeness (QED) is 0.293. The fraction of sp³-hybridized carbons (Fsp3) is 0.733. The summed E-state index contributed by atoms with van der Waals surface area (Å²) in [5.41, 5.74) is 0.0443. The average Bonchev–Trinajstić information content (AvgIpc) is 3.12. The van der Waals surface area contributed by atoms with Crippen LogP contribution in [0.2, 0.25) is 0 Å². The zero-order valence-electron chi connectivity index (χ0n) is 14.8. The Morgan fingerprint density at radius 1 is 1.48 bits per heavy atom. The van der Waals surface area contributed by atoms with Crippen molar-refractivity contribution in [3.8, 4) is 0 Å². The number of carboxylic acids is 1. The van der Waals surface area contributed by atoms with Crippen molar-refractivity contribution in [2.45, 2.75) is 37.1 Å². The van der Waals surface area contributed by atoms with Crippen molar-refractivity contribution in [3.05, 3.63) is 10.6 Å². The minimum Gasteiger partial charge on any atom is -0.477 e. The van der Waals surface area contributed by atoms with Crippen LogP contribution in [0, 0.1) is 11.8 Å². The summed E-state index contributed by atoms with van der Waals surface area (Å²) in [5, 5.41) is 27.0. The van der Waals surface area contributed by atoms with E-state index in [1.54, 1.807) is 0 Å². The van der Waals surface area contributed by atoms with Gasteiger partial charge in [-0.05, 0) is 12.8 Å². The second kappa shape index (κ2) is 7.68. The fourth-order valence-corrected chi connectivity index (χ4v) is 6.07. The molecule has 0 aromatic heterocycles. The maximum absolute atomic E-state index is 12.3. The van der Waals surface area contributed by atoms with Crippen molar-refractivity contribution < 1.29 is 28.2 Å². The number of aliphatic hydroxyl groups is 1. The molecule has 0 radical (unpaired) electrons. The second-order valence-corrected chi connectivity index (χ2v) is 9.82. The van der Waals surface area contributed by atoms with Gasteiger partial charge in [0, 0.05) is 41.8 Å². The largest absolute Gasteiger partial charge is 0.477 e. The molecular formula is C15H24N4O6S2. The lowest BCUT2D eigenvalue weighted by Gasteiger charge is -2.45. The Bertz CT molecular complexity index is 770. The highest BCUT2D eigenvalue weighted by atomic mass is 32.2. The molecule has 27 heavy (non-hydrogen) atoms. The van der Waals surface area contributed by atoms with Gasteiger partial charge in [-0.3, -0.25) is 4.79 Å². The van der Waals surface area contributed by atoms with Crippen LogP contribution in [-0.2, 0) is 19.8 Å². The van der Waals surface area contributed by atoms with Crippen molar-refractivity contribution >= 4 is 33.8 Å². The number of carbonyl (C=O) groups excluding carboxylic acids is 1. The molecule has 3 rings (SSSR count). The molecule has 10 nitrogen and oxygen atoms in total. The number of carboxylic acid groups (broad SMARTS) is 1. The third-order valence-electron chi connectivity index (χ3n) is 5.31. The first-order valence-electron chi connectivity index (χ1n) is 8.72. The van der Waals surface area contributed by atoms with Gasteiger partial charge in [0.25, 0.3) is 10.2 Å². The first-order chi connectivity index (χ1) is 12.6. The Balaban J connectivity index is 1.69. The predicted octanol–water partition coefficient (Wildman–Crippen LogP) is -1.60. The summed E-state index contributed by atoms with van der Waals surface area (Å²) >= 11 is 1.44. The molecule has 12 heteroatoms. The molecule has 0 aromatic carbocycles. The van der Waals surface area contributed by atoms with Gasteiger partial charge in [0.05, 0.1) is 12.0 Å². The minimum absolute atomic E-state index is 0.0443. The van der Waals surface area contributed by atoms with Crippen LogP contribution in [0.4, 0.5) is 0 Å². The van der Waals surface area contributed by atoms with E-state index in [1.165, 1.54) is 16.7 Å². The van der Waals surface area contributed by atoms with Crippen LogP contribution >= 0.6 is 11.8 Å². The number of β-lactam (4-membered cyclic amide) rings is 1. The zero-order chi connectivity index (χ0) is 19.9. The average molecular weight is 421 g/mol. The van der Waals surface area contributed by atoms with Gasteiger partial charge in [0.15, 0.2) is 0 Å². The van der Waals surface area contributed by atoms with E-state index in [4.69, 9.17) is 10.2 Å². The van der Waals surface area contributed by atoms with Gasteiger partial charge in [0.2, 0.25) is 5.91 Å². The van der Waals surface area contributed by atoms with Crippen LogP contribution in [-0.4, -0.2) is 72.4 Å². The van der Waals surface area contributed by atoms with E-state index >= 15 is 0 Å². The topological polar surface area (TPSA) is 162 Å². The molecule has 3 aliphatic heterocycles. The Morgan fingerprint density at radius 2 is 2.19 bits per heavy atom. The van der Waals surface area contributed by atoms with E-state index in [2.05, 4.69) is 10.0 Å². The summed E-state index contributed by atoms with van der Waals surface area (Å²) in [4.78, 5) is 26.1. The molecule has 1 amide bonds. The molecule has 1 unspecified atom stereocenters. The molecule has 0 bridgehead atoms. The number of fused-ring (bicyclic) bond motifs is 1. The van der Waals surface area contributed by atoms with Gasteiger partial charge in [-0.2, -0.15) is 8.42 Å². The van der Waals surface area contributed by atoms with Crippen LogP contribution < -0.4 is 15.2 Å². The van der Waals surface area contributed by atoms with Crippen LogP contribution in [0.5, 0.6) is 0 Å². The Hall–Kier alpha value is -1.18. The lowest BCUT2D eigenvalue weighted by molar-refractivity contribution is -0.157. The van der Waals surface area contributed by atoms with E-state index in [0.29, 0.717) is 24.3 Å². The number of nitrogens with zero attached hydrogens (tertiary/aromatic N) is 1. The number of hydrogen-bond acceptors (Lipinski definition) is 7. The minimum atomic E-state index is -3.75. The molecule has 0 saturated carbocycles. The van der Waals surface area contributed by atoms with E-state index in [9.17, 15) is 23.1 Å². The lowest BCUT2D eigenvalue weighted by atomic mass is 9.80. The van der Waals surface area contributed by atoms with Crippen LogP contribution in [0.25, 0.3) is 0 Å². The van der Waals surface area contributed by atoms with Crippen LogP contribution in [0.3, 0.4) is 0 Å². The van der Waals surface area contributed by atoms with Gasteiger partial charge in [0.1, 0.15) is 5.70 Å². The summed E-state index contributed by atoms with van der Waals surface area (Å²) in [7, 11) is -3.75. The highest BCUT2D eigenvalue weighted by molar-refractivity contribution is 8.03. The summed E-state index contributed by atoms with van der Waals surface area (Å²) in [6.07, 6.45) is 0.983. The zero-order valence-corrected chi connectivity index (χ0v) is 16.4. The Kier molecular flexibility index (Phi) is 5.85.